The second-order valence-electron chi connectivity index (χ2n) is 3.96. The summed E-state index contributed by atoms with van der Waals surface area (Å²) in [5.74, 6) is 1.42. The highest BCUT2D eigenvalue weighted by Crippen LogP contribution is 2.32. The predicted molar refractivity (Wildman–Crippen MR) is 77.5 cm³/mol. The average Bonchev–Trinajstić information content (AvgIpc) is 2.47. The summed E-state index contributed by atoms with van der Waals surface area (Å²) in [5.41, 5.74) is 7.88. The van der Waals surface area contributed by atoms with Crippen molar-refractivity contribution in [2.24, 2.45) is 5.73 Å². The normalized spacial score (nSPS) is 12.0. The summed E-state index contributed by atoms with van der Waals surface area (Å²) in [4.78, 5) is 4.31. The zero-order valence-corrected chi connectivity index (χ0v) is 12.3. The molecule has 19 heavy (non-hydrogen) atoms. The van der Waals surface area contributed by atoms with Crippen LogP contribution in [-0.2, 0) is 0 Å². The summed E-state index contributed by atoms with van der Waals surface area (Å²) in [6, 6.07) is 8.94. The fourth-order valence-corrected chi connectivity index (χ4v) is 2.34. The summed E-state index contributed by atoms with van der Waals surface area (Å²) in [6.45, 7) is 0. The fraction of sp³-hybridized carbons (Fsp3) is 0.214. The monoisotopic (exact) mass is 322 g/mol. The maximum atomic E-state index is 6.29. The quantitative estimate of drug-likeness (QED) is 0.940. The van der Waals surface area contributed by atoms with Crippen LogP contribution in [0.15, 0.2) is 41.0 Å². The van der Waals surface area contributed by atoms with Crippen LogP contribution >= 0.6 is 15.9 Å². The zero-order chi connectivity index (χ0) is 13.8. The first kappa shape index (κ1) is 13.8. The number of hydrogen-bond acceptors (Lipinski definition) is 4. The van der Waals surface area contributed by atoms with E-state index in [1.807, 2.05) is 30.3 Å². The predicted octanol–water partition coefficient (Wildman–Crippen LogP) is 2.91. The molecule has 1 unspecified atom stereocenters. The molecule has 2 aromatic rings. The summed E-state index contributed by atoms with van der Waals surface area (Å²) < 4.78 is 11.4. The molecule has 4 nitrogen and oxygen atoms in total. The van der Waals surface area contributed by atoms with Gasteiger partial charge >= 0.3 is 0 Å². The van der Waals surface area contributed by atoms with Crippen molar-refractivity contribution in [2.45, 2.75) is 6.04 Å². The number of halogens is 1. The molecule has 1 atom stereocenters. The van der Waals surface area contributed by atoms with Crippen molar-refractivity contribution in [3.8, 4) is 11.5 Å². The highest BCUT2D eigenvalue weighted by Gasteiger charge is 2.18. The van der Waals surface area contributed by atoms with Gasteiger partial charge in [-0.15, -0.1) is 0 Å². The molecular weight excluding hydrogens is 308 g/mol. The topological polar surface area (TPSA) is 57.4 Å². The van der Waals surface area contributed by atoms with Crippen molar-refractivity contribution in [3.05, 3.63) is 52.3 Å². The summed E-state index contributed by atoms with van der Waals surface area (Å²) >= 11 is 3.50. The lowest BCUT2D eigenvalue weighted by Crippen LogP contribution is -2.15. The Hall–Kier alpha value is -1.59. The van der Waals surface area contributed by atoms with Crippen LogP contribution in [0.5, 0.6) is 11.5 Å². The minimum absolute atomic E-state index is 0.388. The number of methoxy groups -OCH3 is 2. The van der Waals surface area contributed by atoms with Crippen molar-refractivity contribution in [1.29, 1.82) is 0 Å². The van der Waals surface area contributed by atoms with E-state index in [1.54, 1.807) is 20.4 Å². The molecule has 0 fully saturated rings. The van der Waals surface area contributed by atoms with Gasteiger partial charge in [0.1, 0.15) is 17.2 Å². The molecule has 0 aliphatic heterocycles. The number of nitrogens with zero attached hydrogens (tertiary/aromatic N) is 1. The smallest absolute Gasteiger partial charge is 0.142 e. The van der Waals surface area contributed by atoms with Crippen LogP contribution in [-0.4, -0.2) is 19.2 Å². The molecule has 0 aliphatic carbocycles. The molecule has 2 rings (SSSR count). The standard InChI is InChI=1S/C14H15BrN2O2/c1-18-9-5-6-11(15)10(8-9)13(16)14-12(19-2)4-3-7-17-14/h3-8,13H,16H2,1-2H3. The van der Waals surface area contributed by atoms with Gasteiger partial charge in [0.25, 0.3) is 0 Å². The first-order valence-electron chi connectivity index (χ1n) is 5.75. The number of benzene rings is 1. The molecule has 1 aromatic heterocycles. The molecule has 0 spiro atoms. The number of nitrogens with two attached hydrogens (primary N) is 1. The van der Waals surface area contributed by atoms with Crippen molar-refractivity contribution in [2.75, 3.05) is 14.2 Å². The zero-order valence-electron chi connectivity index (χ0n) is 10.8. The van der Waals surface area contributed by atoms with Crippen LogP contribution in [0.4, 0.5) is 0 Å². The van der Waals surface area contributed by atoms with E-state index in [2.05, 4.69) is 20.9 Å². The van der Waals surface area contributed by atoms with Crippen LogP contribution in [0, 0.1) is 0 Å². The molecular formula is C14H15BrN2O2. The van der Waals surface area contributed by atoms with Gasteiger partial charge in [-0.05, 0) is 35.9 Å². The van der Waals surface area contributed by atoms with E-state index in [1.165, 1.54) is 0 Å². The summed E-state index contributed by atoms with van der Waals surface area (Å²) in [6.07, 6.45) is 1.70. The van der Waals surface area contributed by atoms with Gasteiger partial charge in [0.05, 0.1) is 20.3 Å². The second kappa shape index (κ2) is 6.04. The van der Waals surface area contributed by atoms with Gasteiger partial charge in [0.2, 0.25) is 0 Å². The summed E-state index contributed by atoms with van der Waals surface area (Å²) in [5, 5.41) is 0. The van der Waals surface area contributed by atoms with E-state index >= 15 is 0 Å². The average molecular weight is 323 g/mol. The molecule has 5 heteroatoms. The number of rotatable bonds is 4. The Bertz CT molecular complexity index is 575. The minimum Gasteiger partial charge on any atom is -0.497 e. The summed E-state index contributed by atoms with van der Waals surface area (Å²) in [7, 11) is 3.23. The van der Waals surface area contributed by atoms with Crippen LogP contribution < -0.4 is 15.2 Å². The third-order valence-corrected chi connectivity index (χ3v) is 3.57. The van der Waals surface area contributed by atoms with Gasteiger partial charge in [0.15, 0.2) is 0 Å². The maximum Gasteiger partial charge on any atom is 0.142 e. The molecule has 1 aromatic carbocycles. The SMILES string of the molecule is COc1ccc(Br)c(C(N)c2ncccc2OC)c1. The van der Waals surface area contributed by atoms with E-state index in [4.69, 9.17) is 15.2 Å². The number of hydrogen-bond donors (Lipinski definition) is 1. The van der Waals surface area contributed by atoms with Crippen LogP contribution in [0.3, 0.4) is 0 Å². The lowest BCUT2D eigenvalue weighted by molar-refractivity contribution is 0.403. The highest BCUT2D eigenvalue weighted by molar-refractivity contribution is 9.10. The Morgan fingerprint density at radius 2 is 2.00 bits per heavy atom. The second-order valence-corrected chi connectivity index (χ2v) is 4.81. The Morgan fingerprint density at radius 1 is 1.21 bits per heavy atom. The molecule has 0 saturated carbocycles. The Morgan fingerprint density at radius 3 is 2.68 bits per heavy atom. The number of pyridine rings is 1. The largest absolute Gasteiger partial charge is 0.497 e. The highest BCUT2D eigenvalue weighted by atomic mass is 79.9. The van der Waals surface area contributed by atoms with Gasteiger partial charge < -0.3 is 15.2 Å². The van der Waals surface area contributed by atoms with Crippen molar-refractivity contribution >= 4 is 15.9 Å². The van der Waals surface area contributed by atoms with E-state index in [0.717, 1.165) is 15.8 Å². The molecule has 1 heterocycles. The fourth-order valence-electron chi connectivity index (χ4n) is 1.84. The van der Waals surface area contributed by atoms with Crippen LogP contribution in [0.2, 0.25) is 0 Å². The first-order valence-corrected chi connectivity index (χ1v) is 6.54. The number of ether oxygens (including phenoxy) is 2. The number of aromatic nitrogens is 1. The van der Waals surface area contributed by atoms with Crippen LogP contribution in [0.25, 0.3) is 0 Å². The first-order chi connectivity index (χ1) is 9.17. The lowest BCUT2D eigenvalue weighted by atomic mass is 10.0. The van der Waals surface area contributed by atoms with E-state index in [9.17, 15) is 0 Å². The Kier molecular flexibility index (Phi) is 4.39. The molecule has 0 saturated heterocycles. The molecule has 100 valence electrons. The van der Waals surface area contributed by atoms with E-state index in [0.29, 0.717) is 11.4 Å². The molecule has 2 N–H and O–H groups in total. The molecule has 0 bridgehead atoms. The maximum absolute atomic E-state index is 6.29. The molecule has 0 radical (unpaired) electrons. The van der Waals surface area contributed by atoms with Gasteiger partial charge in [-0.1, -0.05) is 15.9 Å². The molecule has 0 aliphatic rings. The van der Waals surface area contributed by atoms with Crippen molar-refractivity contribution in [1.82, 2.24) is 4.98 Å². The third-order valence-electron chi connectivity index (χ3n) is 2.85. The van der Waals surface area contributed by atoms with Crippen molar-refractivity contribution in [3.63, 3.8) is 0 Å². The van der Waals surface area contributed by atoms with Gasteiger partial charge in [-0.25, -0.2) is 0 Å². The molecule has 0 amide bonds. The van der Waals surface area contributed by atoms with Gasteiger partial charge in [0, 0.05) is 10.7 Å². The van der Waals surface area contributed by atoms with E-state index < -0.39 is 0 Å². The van der Waals surface area contributed by atoms with Crippen molar-refractivity contribution < 1.29 is 9.47 Å². The Labute approximate surface area is 120 Å². The third kappa shape index (κ3) is 2.88. The van der Waals surface area contributed by atoms with Gasteiger partial charge in [-0.2, -0.15) is 0 Å². The van der Waals surface area contributed by atoms with Gasteiger partial charge in [-0.3, -0.25) is 4.98 Å². The van der Waals surface area contributed by atoms with E-state index in [-0.39, 0.29) is 6.04 Å². The Balaban J connectivity index is 2.46. The minimum atomic E-state index is -0.388. The lowest BCUT2D eigenvalue weighted by Gasteiger charge is -2.17. The van der Waals surface area contributed by atoms with Crippen LogP contribution in [0.1, 0.15) is 17.3 Å².